The topological polar surface area (TPSA) is 29.3 Å². The Bertz CT molecular complexity index is 613. The van der Waals surface area contributed by atoms with Crippen molar-refractivity contribution in [1.82, 2.24) is 14.7 Å². The highest BCUT2D eigenvalue weighted by molar-refractivity contribution is 7.15. The molecule has 18 heavy (non-hydrogen) atoms. The van der Waals surface area contributed by atoms with Gasteiger partial charge in [-0.3, -0.25) is 4.40 Å². The first-order valence-corrected chi connectivity index (χ1v) is 6.55. The van der Waals surface area contributed by atoms with Crippen LogP contribution in [0, 0.1) is 5.82 Å². The van der Waals surface area contributed by atoms with E-state index in [1.54, 1.807) is 23.5 Å². The van der Waals surface area contributed by atoms with Crippen LogP contribution in [0.5, 0.6) is 0 Å². The number of aromatic nitrogens is 2. The first kappa shape index (κ1) is 11.4. The molecule has 0 bridgehead atoms. The minimum absolute atomic E-state index is 0.201. The molecular weight excluding hydrogens is 249 g/mol. The molecule has 0 unspecified atom stereocenters. The van der Waals surface area contributed by atoms with Crippen LogP contribution >= 0.6 is 11.3 Å². The first-order chi connectivity index (χ1) is 8.81. The molecule has 1 N–H and O–H groups in total. The third-order valence-corrected chi connectivity index (χ3v) is 3.46. The second kappa shape index (κ2) is 4.88. The zero-order valence-corrected chi connectivity index (χ0v) is 10.5. The Hall–Kier alpha value is -1.72. The van der Waals surface area contributed by atoms with Crippen LogP contribution in [0.4, 0.5) is 4.39 Å². The van der Waals surface area contributed by atoms with Crippen molar-refractivity contribution in [1.29, 1.82) is 0 Å². The van der Waals surface area contributed by atoms with E-state index in [0.717, 1.165) is 16.2 Å². The number of hydrogen-bond donors (Lipinski definition) is 1. The molecule has 5 heteroatoms. The van der Waals surface area contributed by atoms with E-state index in [1.807, 2.05) is 22.2 Å². The maximum absolute atomic E-state index is 12.7. The number of nitrogens with one attached hydrogen (secondary N) is 1. The van der Waals surface area contributed by atoms with Crippen LogP contribution in [-0.4, -0.2) is 9.38 Å². The summed E-state index contributed by atoms with van der Waals surface area (Å²) in [4.78, 5) is 5.48. The number of thiazole rings is 1. The number of hydrogen-bond acceptors (Lipinski definition) is 3. The first-order valence-electron chi connectivity index (χ1n) is 5.67. The second-order valence-corrected chi connectivity index (χ2v) is 4.93. The summed E-state index contributed by atoms with van der Waals surface area (Å²) in [5.74, 6) is -0.201. The minimum Gasteiger partial charge on any atom is -0.307 e. The van der Waals surface area contributed by atoms with Crippen molar-refractivity contribution in [2.24, 2.45) is 0 Å². The van der Waals surface area contributed by atoms with Gasteiger partial charge in [0.1, 0.15) is 5.82 Å². The summed E-state index contributed by atoms with van der Waals surface area (Å²) in [5.41, 5.74) is 2.08. The quantitative estimate of drug-likeness (QED) is 0.782. The fourth-order valence-electron chi connectivity index (χ4n) is 1.80. The normalized spacial score (nSPS) is 11.2. The summed E-state index contributed by atoms with van der Waals surface area (Å²) < 4.78 is 14.7. The van der Waals surface area contributed by atoms with Gasteiger partial charge in [0.15, 0.2) is 4.96 Å². The highest BCUT2D eigenvalue weighted by atomic mass is 32.1. The predicted molar refractivity (Wildman–Crippen MR) is 70.0 cm³/mol. The zero-order valence-electron chi connectivity index (χ0n) is 9.64. The Morgan fingerprint density at radius 3 is 2.83 bits per heavy atom. The molecule has 0 saturated carbocycles. The fourth-order valence-corrected chi connectivity index (χ4v) is 2.52. The van der Waals surface area contributed by atoms with Gasteiger partial charge < -0.3 is 5.32 Å². The fraction of sp³-hybridized carbons (Fsp3) is 0.154. The molecule has 3 nitrogen and oxygen atoms in total. The largest absolute Gasteiger partial charge is 0.307 e. The lowest BCUT2D eigenvalue weighted by atomic mass is 10.2. The number of nitrogens with zero attached hydrogens (tertiary/aromatic N) is 2. The third-order valence-electron chi connectivity index (χ3n) is 2.69. The molecule has 0 fully saturated rings. The lowest BCUT2D eigenvalue weighted by Crippen LogP contribution is -2.12. The van der Waals surface area contributed by atoms with E-state index in [0.29, 0.717) is 13.1 Å². The van der Waals surface area contributed by atoms with Crippen LogP contribution in [0.2, 0.25) is 0 Å². The van der Waals surface area contributed by atoms with Crippen molar-refractivity contribution in [3.63, 3.8) is 0 Å². The average Bonchev–Trinajstić information content (AvgIpc) is 2.92. The van der Waals surface area contributed by atoms with Crippen LogP contribution in [0.15, 0.2) is 42.0 Å². The molecule has 0 atom stereocenters. The SMILES string of the molecule is Fc1ccc(CNCc2cn3ccsc3n2)cc1. The van der Waals surface area contributed by atoms with E-state index in [4.69, 9.17) is 0 Å². The van der Waals surface area contributed by atoms with Gasteiger partial charge in [-0.25, -0.2) is 9.37 Å². The van der Waals surface area contributed by atoms with Crippen LogP contribution in [0.1, 0.15) is 11.3 Å². The third kappa shape index (κ3) is 2.42. The van der Waals surface area contributed by atoms with Crippen LogP contribution in [-0.2, 0) is 13.1 Å². The number of fused-ring (bicyclic) bond motifs is 1. The van der Waals surface area contributed by atoms with Crippen LogP contribution in [0.3, 0.4) is 0 Å². The monoisotopic (exact) mass is 261 g/mol. The lowest BCUT2D eigenvalue weighted by molar-refractivity contribution is 0.624. The van der Waals surface area contributed by atoms with Gasteiger partial charge in [-0.2, -0.15) is 0 Å². The molecule has 3 aromatic rings. The number of benzene rings is 1. The molecule has 3 rings (SSSR count). The van der Waals surface area contributed by atoms with E-state index in [2.05, 4.69) is 10.3 Å². The summed E-state index contributed by atoms with van der Waals surface area (Å²) in [6.45, 7) is 1.43. The van der Waals surface area contributed by atoms with Crippen LogP contribution in [0.25, 0.3) is 4.96 Å². The minimum atomic E-state index is -0.201. The van der Waals surface area contributed by atoms with E-state index in [1.165, 1.54) is 12.1 Å². The van der Waals surface area contributed by atoms with Gasteiger partial charge in [0.25, 0.3) is 0 Å². The molecule has 92 valence electrons. The molecule has 0 saturated heterocycles. The van der Waals surface area contributed by atoms with Crippen molar-refractivity contribution in [2.45, 2.75) is 13.1 Å². The van der Waals surface area contributed by atoms with Gasteiger partial charge in [-0.1, -0.05) is 12.1 Å². The maximum Gasteiger partial charge on any atom is 0.193 e. The Morgan fingerprint density at radius 2 is 2.06 bits per heavy atom. The Labute approximate surface area is 108 Å². The van der Waals surface area contributed by atoms with Crippen molar-refractivity contribution in [3.8, 4) is 0 Å². The number of halogens is 1. The Morgan fingerprint density at radius 1 is 1.22 bits per heavy atom. The molecule has 2 heterocycles. The van der Waals surface area contributed by atoms with Gasteiger partial charge in [0, 0.05) is 30.9 Å². The van der Waals surface area contributed by atoms with Gasteiger partial charge in [-0.15, -0.1) is 11.3 Å². The zero-order chi connectivity index (χ0) is 12.4. The van der Waals surface area contributed by atoms with Gasteiger partial charge in [0.05, 0.1) is 5.69 Å². The average molecular weight is 261 g/mol. The highest BCUT2D eigenvalue weighted by Crippen LogP contribution is 2.11. The van der Waals surface area contributed by atoms with Crippen molar-refractivity contribution in [2.75, 3.05) is 0 Å². The predicted octanol–water partition coefficient (Wildman–Crippen LogP) is 2.82. The van der Waals surface area contributed by atoms with E-state index in [-0.39, 0.29) is 5.82 Å². The molecule has 0 aliphatic rings. The Balaban J connectivity index is 1.58. The van der Waals surface area contributed by atoms with Crippen molar-refractivity contribution in [3.05, 3.63) is 59.1 Å². The summed E-state index contributed by atoms with van der Waals surface area (Å²) >= 11 is 1.62. The lowest BCUT2D eigenvalue weighted by Gasteiger charge is -2.02. The standard InChI is InChI=1S/C13H12FN3S/c14-11-3-1-10(2-4-11)7-15-8-12-9-17-5-6-18-13(17)16-12/h1-6,9,15H,7-8H2. The summed E-state index contributed by atoms with van der Waals surface area (Å²) in [6, 6.07) is 6.52. The van der Waals surface area contributed by atoms with Crippen molar-refractivity contribution < 1.29 is 4.39 Å². The maximum atomic E-state index is 12.7. The van der Waals surface area contributed by atoms with Crippen LogP contribution < -0.4 is 5.32 Å². The molecular formula is C13H12FN3S. The molecule has 1 aromatic carbocycles. The molecule has 0 amide bonds. The van der Waals surface area contributed by atoms with Gasteiger partial charge in [0.2, 0.25) is 0 Å². The number of imidazole rings is 1. The molecule has 0 aliphatic carbocycles. The number of rotatable bonds is 4. The molecule has 0 radical (unpaired) electrons. The molecule has 0 aliphatic heterocycles. The molecule has 2 aromatic heterocycles. The van der Waals surface area contributed by atoms with E-state index < -0.39 is 0 Å². The van der Waals surface area contributed by atoms with Gasteiger partial charge >= 0.3 is 0 Å². The smallest absolute Gasteiger partial charge is 0.193 e. The Kier molecular flexibility index (Phi) is 3.08. The van der Waals surface area contributed by atoms with E-state index >= 15 is 0 Å². The second-order valence-electron chi connectivity index (χ2n) is 4.06. The summed E-state index contributed by atoms with van der Waals surface area (Å²) in [5, 5.41) is 5.31. The highest BCUT2D eigenvalue weighted by Gasteiger charge is 2.01. The van der Waals surface area contributed by atoms with E-state index in [9.17, 15) is 4.39 Å². The molecule has 0 spiro atoms. The van der Waals surface area contributed by atoms with Crippen molar-refractivity contribution >= 4 is 16.3 Å². The van der Waals surface area contributed by atoms with Gasteiger partial charge in [-0.05, 0) is 17.7 Å². The summed E-state index contributed by atoms with van der Waals surface area (Å²) in [7, 11) is 0. The summed E-state index contributed by atoms with van der Waals surface area (Å²) in [6.07, 6.45) is 4.01.